The average Bonchev–Trinajstić information content (AvgIpc) is 2.99. The Morgan fingerprint density at radius 3 is 2.95 bits per heavy atom. The lowest BCUT2D eigenvalue weighted by atomic mass is 10.2. The Bertz CT molecular complexity index is 581. The first-order chi connectivity index (χ1) is 9.60. The number of carbonyl (C=O) groups excluding carboxylic acids is 1. The van der Waals surface area contributed by atoms with E-state index in [1.165, 1.54) is 11.3 Å². The van der Waals surface area contributed by atoms with Gasteiger partial charge in [0.25, 0.3) is 5.91 Å². The number of nitrogens with zero attached hydrogens (tertiary/aromatic N) is 3. The molecule has 0 aliphatic heterocycles. The minimum atomic E-state index is -0.235. The highest BCUT2D eigenvalue weighted by molar-refractivity contribution is 7.09. The number of nitrogens with two attached hydrogens (primary N) is 1. The van der Waals surface area contributed by atoms with Gasteiger partial charge in [-0.05, 0) is 12.5 Å². The molecule has 0 unspecified atom stereocenters. The van der Waals surface area contributed by atoms with Crippen LogP contribution < -0.4 is 11.1 Å². The number of aromatic nitrogens is 3. The van der Waals surface area contributed by atoms with Crippen LogP contribution in [0, 0.1) is 5.92 Å². The monoisotopic (exact) mass is 329 g/mol. The number of hydrogen-bond acceptors (Lipinski definition) is 5. The summed E-state index contributed by atoms with van der Waals surface area (Å²) in [5, 5.41) is 5.42. The van der Waals surface area contributed by atoms with Crippen LogP contribution in [0.25, 0.3) is 0 Å². The zero-order valence-electron chi connectivity index (χ0n) is 12.1. The van der Waals surface area contributed by atoms with Crippen molar-refractivity contribution >= 4 is 35.6 Å². The number of nitrogens with one attached hydrogen (secondary N) is 1. The zero-order valence-corrected chi connectivity index (χ0v) is 13.7. The fraction of sp³-hybridized carbons (Fsp3) is 0.462. The molecule has 2 aromatic rings. The maximum Gasteiger partial charge on any atom is 0.277 e. The normalized spacial score (nSPS) is 10.5. The van der Waals surface area contributed by atoms with E-state index in [1.54, 1.807) is 11.6 Å². The summed E-state index contributed by atoms with van der Waals surface area (Å²) in [6.07, 6.45) is 4.23. The smallest absolute Gasteiger partial charge is 0.277 e. The van der Waals surface area contributed by atoms with E-state index >= 15 is 0 Å². The number of rotatable bonds is 6. The summed E-state index contributed by atoms with van der Waals surface area (Å²) in [6.45, 7) is 5.58. The second-order valence-corrected chi connectivity index (χ2v) is 5.86. The van der Waals surface area contributed by atoms with Crippen molar-refractivity contribution in [2.45, 2.75) is 26.8 Å². The van der Waals surface area contributed by atoms with Gasteiger partial charge in [0.2, 0.25) is 5.95 Å². The molecule has 2 aromatic heterocycles. The van der Waals surface area contributed by atoms with E-state index in [0.29, 0.717) is 30.5 Å². The Kier molecular flexibility index (Phi) is 6.80. The molecule has 2 rings (SSSR count). The molecule has 116 valence electrons. The number of anilines is 1. The van der Waals surface area contributed by atoms with Crippen molar-refractivity contribution in [3.05, 3.63) is 28.5 Å². The Morgan fingerprint density at radius 1 is 1.52 bits per heavy atom. The van der Waals surface area contributed by atoms with Crippen LogP contribution in [0.15, 0.2) is 17.8 Å². The van der Waals surface area contributed by atoms with Crippen LogP contribution in [-0.4, -0.2) is 27.0 Å². The number of thiazole rings is 1. The van der Waals surface area contributed by atoms with Gasteiger partial charge in [0.1, 0.15) is 5.69 Å². The molecule has 0 aliphatic carbocycles. The first-order valence-electron chi connectivity index (χ1n) is 6.57. The Balaban J connectivity index is 0.00000220. The lowest BCUT2D eigenvalue weighted by molar-refractivity contribution is 0.102. The van der Waals surface area contributed by atoms with E-state index in [9.17, 15) is 4.79 Å². The van der Waals surface area contributed by atoms with E-state index in [1.807, 2.05) is 10.8 Å². The number of halogens is 1. The van der Waals surface area contributed by atoms with E-state index in [2.05, 4.69) is 29.1 Å². The summed E-state index contributed by atoms with van der Waals surface area (Å²) in [7, 11) is 0. The molecule has 0 fully saturated rings. The molecular formula is C13H20ClN5OS. The van der Waals surface area contributed by atoms with Gasteiger partial charge < -0.3 is 10.3 Å². The molecule has 0 bridgehead atoms. The van der Waals surface area contributed by atoms with E-state index < -0.39 is 0 Å². The van der Waals surface area contributed by atoms with Crippen LogP contribution in [-0.2, 0) is 13.0 Å². The quantitative estimate of drug-likeness (QED) is 0.850. The van der Waals surface area contributed by atoms with Gasteiger partial charge in [-0.2, -0.15) is 0 Å². The predicted molar refractivity (Wildman–Crippen MR) is 87.1 cm³/mol. The minimum Gasteiger partial charge on any atom is -0.330 e. The predicted octanol–water partition coefficient (Wildman–Crippen LogP) is 2.17. The highest BCUT2D eigenvalue weighted by atomic mass is 35.5. The van der Waals surface area contributed by atoms with E-state index in [0.717, 1.165) is 11.6 Å². The maximum absolute atomic E-state index is 12.1. The van der Waals surface area contributed by atoms with Crippen molar-refractivity contribution < 1.29 is 4.79 Å². The molecule has 0 aliphatic rings. The Labute approximate surface area is 134 Å². The van der Waals surface area contributed by atoms with E-state index in [4.69, 9.17) is 5.73 Å². The zero-order chi connectivity index (χ0) is 14.5. The van der Waals surface area contributed by atoms with Crippen LogP contribution in [0.1, 0.15) is 29.3 Å². The Hall–Kier alpha value is -1.44. The van der Waals surface area contributed by atoms with Gasteiger partial charge in [-0.15, -0.1) is 23.7 Å². The SMILES string of the molecule is CC(C)Cn1ccnc1NC(=O)c1csc(CCN)n1.Cl. The van der Waals surface area contributed by atoms with Gasteiger partial charge in [0.15, 0.2) is 0 Å². The molecule has 21 heavy (non-hydrogen) atoms. The topological polar surface area (TPSA) is 85.8 Å². The summed E-state index contributed by atoms with van der Waals surface area (Å²) < 4.78 is 1.93. The highest BCUT2D eigenvalue weighted by Crippen LogP contribution is 2.13. The molecule has 0 atom stereocenters. The first kappa shape index (κ1) is 17.6. The number of imidazole rings is 1. The Morgan fingerprint density at radius 2 is 2.29 bits per heavy atom. The molecule has 0 radical (unpaired) electrons. The van der Waals surface area contributed by atoms with Crippen molar-refractivity contribution in [3.8, 4) is 0 Å². The van der Waals surface area contributed by atoms with Crippen molar-refractivity contribution in [2.24, 2.45) is 11.7 Å². The minimum absolute atomic E-state index is 0. The standard InChI is InChI=1S/C13H19N5OS.ClH/c1-9(2)7-18-6-5-15-13(18)17-12(19)10-8-20-11(16-10)3-4-14;/h5-6,8-9H,3-4,7,14H2,1-2H3,(H,15,17,19);1H. The van der Waals surface area contributed by atoms with Crippen LogP contribution in [0.2, 0.25) is 0 Å². The van der Waals surface area contributed by atoms with Gasteiger partial charge in [0, 0.05) is 30.7 Å². The second kappa shape index (κ2) is 8.11. The van der Waals surface area contributed by atoms with Gasteiger partial charge in [-0.3, -0.25) is 10.1 Å². The molecule has 1 amide bonds. The third kappa shape index (κ3) is 4.80. The van der Waals surface area contributed by atoms with Crippen LogP contribution in [0.4, 0.5) is 5.95 Å². The fourth-order valence-corrected chi connectivity index (χ4v) is 2.59. The van der Waals surface area contributed by atoms with Crippen LogP contribution in [0.5, 0.6) is 0 Å². The third-order valence-electron chi connectivity index (χ3n) is 2.65. The molecular weight excluding hydrogens is 310 g/mol. The molecule has 0 saturated carbocycles. The lowest BCUT2D eigenvalue weighted by Crippen LogP contribution is -2.17. The maximum atomic E-state index is 12.1. The molecule has 3 N–H and O–H groups in total. The molecule has 0 saturated heterocycles. The third-order valence-corrected chi connectivity index (χ3v) is 3.55. The fourth-order valence-electron chi connectivity index (χ4n) is 1.79. The number of amides is 1. The number of hydrogen-bond donors (Lipinski definition) is 2. The highest BCUT2D eigenvalue weighted by Gasteiger charge is 2.13. The van der Waals surface area contributed by atoms with Crippen molar-refractivity contribution in [3.63, 3.8) is 0 Å². The molecule has 0 aromatic carbocycles. The van der Waals surface area contributed by atoms with Crippen LogP contribution >= 0.6 is 23.7 Å². The summed E-state index contributed by atoms with van der Waals surface area (Å²) in [4.78, 5) is 20.5. The summed E-state index contributed by atoms with van der Waals surface area (Å²) in [5.74, 6) is 0.799. The largest absolute Gasteiger partial charge is 0.330 e. The summed E-state index contributed by atoms with van der Waals surface area (Å²) >= 11 is 1.45. The van der Waals surface area contributed by atoms with Gasteiger partial charge >= 0.3 is 0 Å². The molecule has 2 heterocycles. The van der Waals surface area contributed by atoms with Gasteiger partial charge in [0.05, 0.1) is 5.01 Å². The van der Waals surface area contributed by atoms with Gasteiger partial charge in [-0.25, -0.2) is 9.97 Å². The second-order valence-electron chi connectivity index (χ2n) is 4.92. The molecule has 6 nitrogen and oxygen atoms in total. The van der Waals surface area contributed by atoms with Crippen molar-refractivity contribution in [2.75, 3.05) is 11.9 Å². The van der Waals surface area contributed by atoms with E-state index in [-0.39, 0.29) is 18.3 Å². The summed E-state index contributed by atoms with van der Waals surface area (Å²) in [5.41, 5.74) is 5.89. The molecule has 8 heteroatoms. The van der Waals surface area contributed by atoms with Crippen molar-refractivity contribution in [1.82, 2.24) is 14.5 Å². The number of carbonyl (C=O) groups is 1. The molecule has 0 spiro atoms. The van der Waals surface area contributed by atoms with Crippen molar-refractivity contribution in [1.29, 1.82) is 0 Å². The first-order valence-corrected chi connectivity index (χ1v) is 7.45. The summed E-state index contributed by atoms with van der Waals surface area (Å²) in [6, 6.07) is 0. The average molecular weight is 330 g/mol. The van der Waals surface area contributed by atoms with Gasteiger partial charge in [-0.1, -0.05) is 13.8 Å². The lowest BCUT2D eigenvalue weighted by Gasteiger charge is -2.10. The van der Waals surface area contributed by atoms with Crippen LogP contribution in [0.3, 0.4) is 0 Å².